The number of hydrogen-bond acceptors (Lipinski definition) is 5. The van der Waals surface area contributed by atoms with Crippen molar-refractivity contribution in [3.63, 3.8) is 0 Å². The lowest BCUT2D eigenvalue weighted by molar-refractivity contribution is -0.123. The summed E-state index contributed by atoms with van der Waals surface area (Å²) < 4.78 is 10.8. The molecule has 0 heterocycles. The van der Waals surface area contributed by atoms with Gasteiger partial charge in [-0.25, -0.2) is 0 Å². The summed E-state index contributed by atoms with van der Waals surface area (Å²) in [6, 6.07) is 3.01. The highest BCUT2D eigenvalue weighted by Gasteiger charge is 2.13. The molecule has 0 unspecified atom stereocenters. The molecule has 0 saturated carbocycles. The van der Waals surface area contributed by atoms with E-state index in [-0.39, 0.29) is 24.0 Å². The van der Waals surface area contributed by atoms with Crippen LogP contribution in [0.15, 0.2) is 12.1 Å². The second kappa shape index (κ2) is 8.04. The average Bonchev–Trinajstić information content (AvgIpc) is 2.44. The minimum atomic E-state index is -0.229. The fourth-order valence-electron chi connectivity index (χ4n) is 1.58. The number of nitrogen functional groups attached to an aromatic ring is 1. The van der Waals surface area contributed by atoms with Crippen LogP contribution in [0.25, 0.3) is 0 Å². The minimum absolute atomic E-state index is 0.148. The maximum Gasteiger partial charge on any atom is 0.257 e. The summed E-state index contributed by atoms with van der Waals surface area (Å²) in [6.45, 7) is 4.62. The fraction of sp³-hybridized carbons (Fsp3) is 0.429. The highest BCUT2D eigenvalue weighted by atomic mass is 16.5. The monoisotopic (exact) mass is 280 g/mol. The zero-order valence-electron chi connectivity index (χ0n) is 11.8. The molecule has 0 saturated heterocycles. The Morgan fingerprint density at radius 2 is 2.10 bits per heavy atom. The van der Waals surface area contributed by atoms with Gasteiger partial charge in [0, 0.05) is 12.1 Å². The van der Waals surface area contributed by atoms with Crippen LogP contribution in [0, 0.1) is 0 Å². The molecule has 3 N–H and O–H groups in total. The first-order valence-electron chi connectivity index (χ1n) is 6.53. The summed E-state index contributed by atoms with van der Waals surface area (Å²) in [5.41, 5.74) is 6.48. The number of carbonyl (C=O) groups excluding carboxylic acids is 2. The lowest BCUT2D eigenvalue weighted by Crippen LogP contribution is -2.29. The second-order valence-corrected chi connectivity index (χ2v) is 4.13. The molecule has 1 aromatic rings. The van der Waals surface area contributed by atoms with Crippen molar-refractivity contribution in [2.24, 2.45) is 0 Å². The van der Waals surface area contributed by atoms with Gasteiger partial charge < -0.3 is 20.5 Å². The zero-order chi connectivity index (χ0) is 15.0. The third kappa shape index (κ3) is 4.46. The lowest BCUT2D eigenvalue weighted by Gasteiger charge is -2.14. The standard InChI is InChI=1S/C14H20N2O4/c1-3-5-16-13(18)9-20-14-11(15)6-10(8-17)7-12(14)19-4-2/h6-8H,3-5,9,15H2,1-2H3,(H,16,18). The molecule has 0 fully saturated rings. The Bertz CT molecular complexity index is 474. The predicted molar refractivity (Wildman–Crippen MR) is 76.2 cm³/mol. The van der Waals surface area contributed by atoms with Gasteiger partial charge in [-0.2, -0.15) is 0 Å². The average molecular weight is 280 g/mol. The molecule has 110 valence electrons. The molecule has 0 spiro atoms. The third-order valence-electron chi connectivity index (χ3n) is 2.46. The number of aldehydes is 1. The molecule has 0 aromatic heterocycles. The number of benzene rings is 1. The topological polar surface area (TPSA) is 90.6 Å². The Morgan fingerprint density at radius 3 is 2.70 bits per heavy atom. The maximum atomic E-state index is 11.5. The number of hydrogen-bond donors (Lipinski definition) is 2. The van der Waals surface area contributed by atoms with Gasteiger partial charge in [0.25, 0.3) is 5.91 Å². The van der Waals surface area contributed by atoms with Crippen molar-refractivity contribution >= 4 is 17.9 Å². The normalized spacial score (nSPS) is 9.90. The van der Waals surface area contributed by atoms with E-state index in [9.17, 15) is 9.59 Å². The number of anilines is 1. The summed E-state index contributed by atoms with van der Waals surface area (Å²) >= 11 is 0. The van der Waals surface area contributed by atoms with Gasteiger partial charge in [0.1, 0.15) is 6.29 Å². The van der Waals surface area contributed by atoms with Crippen LogP contribution in [0.1, 0.15) is 30.6 Å². The minimum Gasteiger partial charge on any atom is -0.490 e. The number of rotatable bonds is 8. The quantitative estimate of drug-likeness (QED) is 0.554. The molecule has 20 heavy (non-hydrogen) atoms. The van der Waals surface area contributed by atoms with Crippen molar-refractivity contribution < 1.29 is 19.1 Å². The van der Waals surface area contributed by atoms with Crippen LogP contribution >= 0.6 is 0 Å². The molecular formula is C14H20N2O4. The van der Waals surface area contributed by atoms with Gasteiger partial charge >= 0.3 is 0 Å². The summed E-state index contributed by atoms with van der Waals surface area (Å²) in [7, 11) is 0. The van der Waals surface area contributed by atoms with Gasteiger partial charge in [0.15, 0.2) is 18.1 Å². The summed E-state index contributed by atoms with van der Waals surface area (Å²) in [6.07, 6.45) is 1.53. The Kier molecular flexibility index (Phi) is 6.36. The zero-order valence-corrected chi connectivity index (χ0v) is 11.8. The predicted octanol–water partition coefficient (Wildman–Crippen LogP) is 1.38. The highest BCUT2D eigenvalue weighted by Crippen LogP contribution is 2.34. The molecular weight excluding hydrogens is 260 g/mol. The molecule has 0 aliphatic heterocycles. The van der Waals surface area contributed by atoms with E-state index >= 15 is 0 Å². The van der Waals surface area contributed by atoms with Crippen LogP contribution < -0.4 is 20.5 Å². The van der Waals surface area contributed by atoms with E-state index in [1.807, 2.05) is 13.8 Å². The first kappa shape index (κ1) is 15.8. The van der Waals surface area contributed by atoms with Crippen molar-refractivity contribution in [3.8, 4) is 11.5 Å². The largest absolute Gasteiger partial charge is 0.490 e. The van der Waals surface area contributed by atoms with E-state index in [1.165, 1.54) is 12.1 Å². The van der Waals surface area contributed by atoms with Crippen LogP contribution in [-0.2, 0) is 4.79 Å². The van der Waals surface area contributed by atoms with E-state index in [0.717, 1.165) is 6.42 Å². The number of carbonyl (C=O) groups is 2. The number of amides is 1. The Labute approximate surface area is 118 Å². The van der Waals surface area contributed by atoms with Crippen molar-refractivity contribution in [2.45, 2.75) is 20.3 Å². The van der Waals surface area contributed by atoms with E-state index in [2.05, 4.69) is 5.32 Å². The van der Waals surface area contributed by atoms with Crippen molar-refractivity contribution in [2.75, 3.05) is 25.5 Å². The SMILES string of the molecule is CCCNC(=O)COc1c(N)cc(C=O)cc1OCC. The Balaban J connectivity index is 2.82. The molecule has 0 bridgehead atoms. The van der Waals surface area contributed by atoms with Crippen LogP contribution in [0.5, 0.6) is 11.5 Å². The van der Waals surface area contributed by atoms with Gasteiger partial charge in [-0.3, -0.25) is 9.59 Å². The number of nitrogens with one attached hydrogen (secondary N) is 1. The first-order valence-corrected chi connectivity index (χ1v) is 6.53. The van der Waals surface area contributed by atoms with E-state index in [0.29, 0.717) is 30.8 Å². The Morgan fingerprint density at radius 1 is 1.35 bits per heavy atom. The molecule has 0 radical (unpaired) electrons. The first-order chi connectivity index (χ1) is 9.62. The molecule has 0 atom stereocenters. The van der Waals surface area contributed by atoms with Crippen molar-refractivity contribution in [1.82, 2.24) is 5.32 Å². The van der Waals surface area contributed by atoms with Crippen LogP contribution in [-0.4, -0.2) is 32.0 Å². The fourth-order valence-corrected chi connectivity index (χ4v) is 1.58. The van der Waals surface area contributed by atoms with Gasteiger partial charge in [0.2, 0.25) is 0 Å². The molecule has 1 rings (SSSR count). The molecule has 1 aromatic carbocycles. The smallest absolute Gasteiger partial charge is 0.257 e. The molecule has 6 heteroatoms. The number of ether oxygens (including phenoxy) is 2. The molecule has 1 amide bonds. The van der Waals surface area contributed by atoms with Gasteiger partial charge in [0.05, 0.1) is 12.3 Å². The van der Waals surface area contributed by atoms with Gasteiger partial charge in [-0.05, 0) is 25.5 Å². The summed E-state index contributed by atoms with van der Waals surface area (Å²) in [5.74, 6) is 0.412. The van der Waals surface area contributed by atoms with E-state index in [1.54, 1.807) is 0 Å². The van der Waals surface area contributed by atoms with Gasteiger partial charge in [-0.15, -0.1) is 0 Å². The lowest BCUT2D eigenvalue weighted by atomic mass is 10.2. The molecule has 0 aliphatic carbocycles. The summed E-state index contributed by atoms with van der Waals surface area (Å²) in [5, 5.41) is 2.69. The van der Waals surface area contributed by atoms with Crippen molar-refractivity contribution in [1.29, 1.82) is 0 Å². The third-order valence-corrected chi connectivity index (χ3v) is 2.46. The van der Waals surface area contributed by atoms with Crippen LogP contribution in [0.3, 0.4) is 0 Å². The van der Waals surface area contributed by atoms with E-state index < -0.39 is 0 Å². The number of nitrogens with two attached hydrogens (primary N) is 1. The maximum absolute atomic E-state index is 11.5. The Hall–Kier alpha value is -2.24. The van der Waals surface area contributed by atoms with Crippen LogP contribution in [0.2, 0.25) is 0 Å². The summed E-state index contributed by atoms with van der Waals surface area (Å²) in [4.78, 5) is 22.3. The molecule has 0 aliphatic rings. The van der Waals surface area contributed by atoms with Crippen molar-refractivity contribution in [3.05, 3.63) is 17.7 Å². The van der Waals surface area contributed by atoms with Crippen LogP contribution in [0.4, 0.5) is 5.69 Å². The second-order valence-electron chi connectivity index (χ2n) is 4.13. The highest BCUT2D eigenvalue weighted by molar-refractivity contribution is 5.81. The van der Waals surface area contributed by atoms with E-state index in [4.69, 9.17) is 15.2 Å². The van der Waals surface area contributed by atoms with Gasteiger partial charge in [-0.1, -0.05) is 6.92 Å². The molecule has 6 nitrogen and oxygen atoms in total.